The molecule has 1 aromatic carbocycles. The minimum absolute atomic E-state index is 0.0383. The predicted molar refractivity (Wildman–Crippen MR) is 87.6 cm³/mol. The molecule has 1 aromatic rings. The van der Waals surface area contributed by atoms with E-state index in [0.29, 0.717) is 13.0 Å². The van der Waals surface area contributed by atoms with Crippen LogP contribution in [0.3, 0.4) is 0 Å². The molecule has 0 unspecified atom stereocenters. The number of benzene rings is 1. The van der Waals surface area contributed by atoms with E-state index in [-0.39, 0.29) is 16.9 Å². The quantitative estimate of drug-likeness (QED) is 0.857. The Morgan fingerprint density at radius 2 is 1.67 bits per heavy atom. The zero-order valence-electron chi connectivity index (χ0n) is 14.2. The van der Waals surface area contributed by atoms with E-state index in [0.717, 1.165) is 12.2 Å². The molecule has 0 aliphatic heterocycles. The van der Waals surface area contributed by atoms with Crippen molar-refractivity contribution in [3.63, 3.8) is 0 Å². The highest BCUT2D eigenvalue weighted by molar-refractivity contribution is 5.76. The van der Waals surface area contributed by atoms with Crippen molar-refractivity contribution in [3.8, 4) is 5.75 Å². The number of nitrogens with one attached hydrogen (secondary N) is 1. The Morgan fingerprint density at radius 3 is 2.19 bits per heavy atom. The smallest absolute Gasteiger partial charge is 0.223 e. The molecule has 0 saturated heterocycles. The molecule has 1 rings (SSSR count). The largest absolute Gasteiger partial charge is 0.493 e. The zero-order chi connectivity index (χ0) is 16.1. The summed E-state index contributed by atoms with van der Waals surface area (Å²) in [5.41, 5.74) is 1.19. The molecule has 0 heterocycles. The van der Waals surface area contributed by atoms with Crippen LogP contribution in [0.2, 0.25) is 0 Å². The molecule has 0 fully saturated rings. The highest BCUT2D eigenvalue weighted by atomic mass is 16.5. The summed E-state index contributed by atoms with van der Waals surface area (Å²) >= 11 is 0. The van der Waals surface area contributed by atoms with Gasteiger partial charge in [0, 0.05) is 5.54 Å². The zero-order valence-corrected chi connectivity index (χ0v) is 14.2. The lowest BCUT2D eigenvalue weighted by atomic mass is 9.82. The summed E-state index contributed by atoms with van der Waals surface area (Å²) in [4.78, 5) is 12.0. The number of hydrogen-bond donors (Lipinski definition) is 1. The van der Waals surface area contributed by atoms with Crippen molar-refractivity contribution in [2.45, 2.75) is 59.9 Å². The standard InChI is InChI=1S/C18H29NO2/c1-14-7-9-15(10-8-14)21-12-11-16(20)19-18(5,6)13-17(2,3)4/h7-10H,11-13H2,1-6H3,(H,19,20). The normalized spacial score (nSPS) is 12.1. The van der Waals surface area contributed by atoms with E-state index in [2.05, 4.69) is 39.9 Å². The fourth-order valence-corrected chi connectivity index (χ4v) is 2.71. The Morgan fingerprint density at radius 1 is 1.10 bits per heavy atom. The number of carbonyl (C=O) groups is 1. The second-order valence-corrected chi connectivity index (χ2v) is 7.58. The van der Waals surface area contributed by atoms with Gasteiger partial charge in [0.1, 0.15) is 5.75 Å². The molecule has 1 amide bonds. The number of rotatable bonds is 6. The van der Waals surface area contributed by atoms with E-state index in [9.17, 15) is 4.79 Å². The monoisotopic (exact) mass is 291 g/mol. The molecule has 3 nitrogen and oxygen atoms in total. The van der Waals surface area contributed by atoms with Gasteiger partial charge in [0.05, 0.1) is 13.0 Å². The highest BCUT2D eigenvalue weighted by Crippen LogP contribution is 2.26. The summed E-state index contributed by atoms with van der Waals surface area (Å²) in [7, 11) is 0. The lowest BCUT2D eigenvalue weighted by Gasteiger charge is -2.33. The fourth-order valence-electron chi connectivity index (χ4n) is 2.71. The Hall–Kier alpha value is -1.51. The average Bonchev–Trinajstić information content (AvgIpc) is 2.27. The van der Waals surface area contributed by atoms with Crippen molar-refractivity contribution in [2.75, 3.05) is 6.61 Å². The second kappa shape index (κ2) is 6.97. The average molecular weight is 291 g/mol. The second-order valence-electron chi connectivity index (χ2n) is 7.58. The molecular weight excluding hydrogens is 262 g/mol. The third-order valence-electron chi connectivity index (χ3n) is 3.07. The van der Waals surface area contributed by atoms with E-state index in [1.807, 2.05) is 31.2 Å². The molecule has 0 aliphatic carbocycles. The molecule has 1 N–H and O–H groups in total. The highest BCUT2D eigenvalue weighted by Gasteiger charge is 2.26. The number of aryl methyl sites for hydroxylation is 1. The SMILES string of the molecule is Cc1ccc(OCCC(=O)NC(C)(C)CC(C)(C)C)cc1. The van der Waals surface area contributed by atoms with Crippen molar-refractivity contribution in [1.29, 1.82) is 0 Å². The topological polar surface area (TPSA) is 38.3 Å². The first kappa shape index (κ1) is 17.5. The third-order valence-corrected chi connectivity index (χ3v) is 3.07. The maximum Gasteiger partial charge on any atom is 0.223 e. The molecule has 0 bridgehead atoms. The van der Waals surface area contributed by atoms with E-state index in [1.165, 1.54) is 5.56 Å². The molecule has 0 aromatic heterocycles. The van der Waals surface area contributed by atoms with E-state index in [1.54, 1.807) is 0 Å². The van der Waals surface area contributed by atoms with Crippen LogP contribution in [0.5, 0.6) is 5.75 Å². The van der Waals surface area contributed by atoms with Crippen LogP contribution in [0.25, 0.3) is 0 Å². The Balaban J connectivity index is 2.35. The van der Waals surface area contributed by atoms with Crippen LogP contribution in [0.4, 0.5) is 0 Å². The summed E-state index contributed by atoms with van der Waals surface area (Å²) in [6.07, 6.45) is 1.31. The Labute approximate surface area is 129 Å². The first-order valence-corrected chi connectivity index (χ1v) is 7.58. The molecule has 0 atom stereocenters. The number of ether oxygens (including phenoxy) is 1. The van der Waals surface area contributed by atoms with Gasteiger partial charge in [0.15, 0.2) is 0 Å². The van der Waals surface area contributed by atoms with Gasteiger partial charge in [-0.3, -0.25) is 4.79 Å². The number of amides is 1. The van der Waals surface area contributed by atoms with Crippen molar-refractivity contribution < 1.29 is 9.53 Å². The molecule has 0 saturated carbocycles. The van der Waals surface area contributed by atoms with Gasteiger partial charge in [0.25, 0.3) is 0 Å². The van der Waals surface area contributed by atoms with Crippen molar-refractivity contribution >= 4 is 5.91 Å². The summed E-state index contributed by atoms with van der Waals surface area (Å²) in [6, 6.07) is 7.86. The first-order valence-electron chi connectivity index (χ1n) is 7.58. The van der Waals surface area contributed by atoms with E-state index in [4.69, 9.17) is 4.74 Å². The van der Waals surface area contributed by atoms with Gasteiger partial charge in [-0.15, -0.1) is 0 Å². The van der Waals surface area contributed by atoms with Crippen LogP contribution in [-0.4, -0.2) is 18.1 Å². The first-order chi connectivity index (χ1) is 9.57. The van der Waals surface area contributed by atoms with Gasteiger partial charge in [-0.25, -0.2) is 0 Å². The van der Waals surface area contributed by atoms with Crippen LogP contribution < -0.4 is 10.1 Å². The third kappa shape index (κ3) is 7.74. The summed E-state index contributed by atoms with van der Waals surface area (Å²) in [6.45, 7) is 13.1. The summed E-state index contributed by atoms with van der Waals surface area (Å²) in [5, 5.41) is 3.09. The van der Waals surface area contributed by atoms with Gasteiger partial charge in [0.2, 0.25) is 5.91 Å². The molecule has 0 radical (unpaired) electrons. The molecule has 118 valence electrons. The fraction of sp³-hybridized carbons (Fsp3) is 0.611. The molecule has 21 heavy (non-hydrogen) atoms. The van der Waals surface area contributed by atoms with Crippen LogP contribution in [0, 0.1) is 12.3 Å². The summed E-state index contributed by atoms with van der Waals surface area (Å²) in [5.74, 6) is 0.846. The Kier molecular flexibility index (Phi) is 5.82. The maximum atomic E-state index is 12.0. The predicted octanol–water partition coefficient (Wildman–Crippen LogP) is 4.09. The van der Waals surface area contributed by atoms with Gasteiger partial charge in [-0.05, 0) is 44.7 Å². The van der Waals surface area contributed by atoms with Crippen molar-refractivity contribution in [1.82, 2.24) is 5.32 Å². The summed E-state index contributed by atoms with van der Waals surface area (Å²) < 4.78 is 5.59. The lowest BCUT2D eigenvalue weighted by Crippen LogP contribution is -2.46. The lowest BCUT2D eigenvalue weighted by molar-refractivity contribution is -0.123. The maximum absolute atomic E-state index is 12.0. The minimum atomic E-state index is -0.195. The van der Waals surface area contributed by atoms with Crippen molar-refractivity contribution in [3.05, 3.63) is 29.8 Å². The van der Waals surface area contributed by atoms with E-state index < -0.39 is 0 Å². The minimum Gasteiger partial charge on any atom is -0.493 e. The van der Waals surface area contributed by atoms with Gasteiger partial charge in [-0.1, -0.05) is 38.5 Å². The number of hydrogen-bond acceptors (Lipinski definition) is 2. The van der Waals surface area contributed by atoms with Crippen LogP contribution in [0.15, 0.2) is 24.3 Å². The number of carbonyl (C=O) groups excluding carboxylic acids is 1. The molecule has 0 aliphatic rings. The van der Waals surface area contributed by atoms with Crippen LogP contribution in [-0.2, 0) is 4.79 Å². The Bertz CT molecular complexity index is 455. The van der Waals surface area contributed by atoms with Crippen LogP contribution in [0.1, 0.15) is 53.0 Å². The molecule has 0 spiro atoms. The van der Waals surface area contributed by atoms with E-state index >= 15 is 0 Å². The molecular formula is C18H29NO2. The van der Waals surface area contributed by atoms with Crippen LogP contribution >= 0.6 is 0 Å². The van der Waals surface area contributed by atoms with Gasteiger partial charge in [-0.2, -0.15) is 0 Å². The van der Waals surface area contributed by atoms with Gasteiger partial charge < -0.3 is 10.1 Å². The molecule has 3 heteroatoms. The van der Waals surface area contributed by atoms with Crippen molar-refractivity contribution in [2.24, 2.45) is 5.41 Å². The van der Waals surface area contributed by atoms with Gasteiger partial charge >= 0.3 is 0 Å².